The molecule has 18 heavy (non-hydrogen) atoms. The van der Waals surface area contributed by atoms with Crippen LogP contribution in [0.25, 0.3) is 0 Å². The minimum absolute atomic E-state index is 0.131. The number of aromatic nitrogens is 1. The van der Waals surface area contributed by atoms with Gasteiger partial charge in [-0.15, -0.1) is 0 Å². The highest BCUT2D eigenvalue weighted by molar-refractivity contribution is 5.72. The Balaban J connectivity index is 2.19. The zero-order valence-corrected chi connectivity index (χ0v) is 9.57. The molecule has 0 aliphatic heterocycles. The largest absolute Gasteiger partial charge is 0.481 e. The van der Waals surface area contributed by atoms with Crippen LogP contribution in [0.3, 0.4) is 0 Å². The van der Waals surface area contributed by atoms with E-state index in [2.05, 4.69) is 10.3 Å². The second-order valence-corrected chi connectivity index (χ2v) is 4.25. The minimum atomic E-state index is -0.872. The highest BCUT2D eigenvalue weighted by Crippen LogP contribution is 2.30. The molecule has 0 amide bonds. The average molecular weight is 251 g/mol. The number of anilines is 1. The van der Waals surface area contributed by atoms with Gasteiger partial charge in [0.05, 0.1) is 10.8 Å². The van der Waals surface area contributed by atoms with Gasteiger partial charge in [-0.25, -0.2) is 4.98 Å². The zero-order chi connectivity index (χ0) is 13.1. The second kappa shape index (κ2) is 4.99. The Morgan fingerprint density at radius 1 is 1.56 bits per heavy atom. The number of aliphatic carboxylic acids is 1. The van der Waals surface area contributed by atoms with Crippen LogP contribution in [0.2, 0.25) is 0 Å². The summed E-state index contributed by atoms with van der Waals surface area (Å²) in [7, 11) is 0. The van der Waals surface area contributed by atoms with Crippen molar-refractivity contribution in [2.45, 2.75) is 25.3 Å². The van der Waals surface area contributed by atoms with E-state index in [4.69, 9.17) is 5.11 Å². The van der Waals surface area contributed by atoms with Gasteiger partial charge in [0.25, 0.3) is 0 Å². The van der Waals surface area contributed by atoms with Crippen molar-refractivity contribution in [3.63, 3.8) is 0 Å². The molecule has 7 nitrogen and oxygen atoms in total. The molecule has 1 saturated carbocycles. The highest BCUT2D eigenvalue weighted by Gasteiger charge is 2.34. The molecule has 1 aromatic heterocycles. The molecule has 0 saturated heterocycles. The van der Waals surface area contributed by atoms with Crippen molar-refractivity contribution >= 4 is 17.5 Å². The van der Waals surface area contributed by atoms with Crippen molar-refractivity contribution in [1.82, 2.24) is 4.98 Å². The number of hydrogen-bond acceptors (Lipinski definition) is 5. The van der Waals surface area contributed by atoms with Gasteiger partial charge < -0.3 is 10.4 Å². The first-order valence-corrected chi connectivity index (χ1v) is 5.68. The van der Waals surface area contributed by atoms with Crippen molar-refractivity contribution in [3.8, 4) is 0 Å². The van der Waals surface area contributed by atoms with Crippen molar-refractivity contribution in [3.05, 3.63) is 28.4 Å². The quantitative estimate of drug-likeness (QED) is 0.622. The third-order valence-electron chi connectivity index (χ3n) is 3.14. The predicted molar refractivity (Wildman–Crippen MR) is 63.3 cm³/mol. The molecule has 2 atom stereocenters. The number of carboxylic acids is 1. The normalized spacial score (nSPS) is 22.7. The molecular formula is C11H13N3O4. The van der Waals surface area contributed by atoms with Crippen molar-refractivity contribution in [2.24, 2.45) is 5.92 Å². The van der Waals surface area contributed by atoms with Crippen LogP contribution in [0, 0.1) is 16.0 Å². The molecule has 0 spiro atoms. The Morgan fingerprint density at radius 2 is 2.33 bits per heavy atom. The number of nitrogens with one attached hydrogen (secondary N) is 1. The standard InChI is InChI=1S/C11H13N3O4/c15-11(16)7-3-1-4-8(7)13-10-9(14(17)18)5-2-6-12-10/h2,5-8H,1,3-4H2,(H,12,13)(H,15,16). The summed E-state index contributed by atoms with van der Waals surface area (Å²) in [5.41, 5.74) is -0.131. The molecule has 1 heterocycles. The number of rotatable bonds is 4. The van der Waals surface area contributed by atoms with E-state index in [0.29, 0.717) is 12.8 Å². The number of carbonyl (C=O) groups is 1. The summed E-state index contributed by atoms with van der Waals surface area (Å²) < 4.78 is 0. The van der Waals surface area contributed by atoms with Crippen LogP contribution in [-0.2, 0) is 4.79 Å². The lowest BCUT2D eigenvalue weighted by Crippen LogP contribution is -2.30. The third kappa shape index (κ3) is 2.39. The summed E-state index contributed by atoms with van der Waals surface area (Å²) >= 11 is 0. The molecule has 2 unspecified atom stereocenters. The first-order valence-electron chi connectivity index (χ1n) is 5.68. The van der Waals surface area contributed by atoms with Crippen LogP contribution in [0.4, 0.5) is 11.5 Å². The Morgan fingerprint density at radius 3 is 3.00 bits per heavy atom. The maximum absolute atomic E-state index is 11.0. The topological polar surface area (TPSA) is 105 Å². The van der Waals surface area contributed by atoms with Crippen LogP contribution < -0.4 is 5.32 Å². The summed E-state index contributed by atoms with van der Waals surface area (Å²) in [6.07, 6.45) is 3.52. The highest BCUT2D eigenvalue weighted by atomic mass is 16.6. The minimum Gasteiger partial charge on any atom is -0.481 e. The molecular weight excluding hydrogens is 238 g/mol. The van der Waals surface area contributed by atoms with E-state index in [0.717, 1.165) is 6.42 Å². The Kier molecular flexibility index (Phi) is 3.40. The van der Waals surface area contributed by atoms with E-state index < -0.39 is 16.8 Å². The monoisotopic (exact) mass is 251 g/mol. The molecule has 1 aliphatic carbocycles. The lowest BCUT2D eigenvalue weighted by atomic mass is 10.0. The average Bonchev–Trinajstić information content (AvgIpc) is 2.77. The maximum atomic E-state index is 11.0. The van der Waals surface area contributed by atoms with Gasteiger partial charge in [0, 0.05) is 18.3 Å². The number of pyridine rings is 1. The molecule has 2 N–H and O–H groups in total. The molecule has 1 fully saturated rings. The lowest BCUT2D eigenvalue weighted by Gasteiger charge is -2.17. The fourth-order valence-corrected chi connectivity index (χ4v) is 2.26. The van der Waals surface area contributed by atoms with Crippen LogP contribution in [0.5, 0.6) is 0 Å². The van der Waals surface area contributed by atoms with Crippen LogP contribution in [-0.4, -0.2) is 27.0 Å². The Labute approximate surface area is 103 Å². The van der Waals surface area contributed by atoms with Gasteiger partial charge >= 0.3 is 11.7 Å². The Hall–Kier alpha value is -2.18. The number of hydrogen-bond donors (Lipinski definition) is 2. The van der Waals surface area contributed by atoms with E-state index in [9.17, 15) is 14.9 Å². The van der Waals surface area contributed by atoms with Gasteiger partial charge in [0.15, 0.2) is 0 Å². The lowest BCUT2D eigenvalue weighted by molar-refractivity contribution is -0.384. The predicted octanol–water partition coefficient (Wildman–Crippen LogP) is 1.65. The smallest absolute Gasteiger partial charge is 0.311 e. The van der Waals surface area contributed by atoms with Gasteiger partial charge in [-0.2, -0.15) is 0 Å². The molecule has 1 aliphatic rings. The van der Waals surface area contributed by atoms with E-state index in [1.165, 1.54) is 18.3 Å². The molecule has 7 heteroatoms. The van der Waals surface area contributed by atoms with Gasteiger partial charge in [-0.1, -0.05) is 6.42 Å². The van der Waals surface area contributed by atoms with Crippen molar-refractivity contribution in [1.29, 1.82) is 0 Å². The summed E-state index contributed by atoms with van der Waals surface area (Å²) in [4.78, 5) is 25.2. The summed E-state index contributed by atoms with van der Waals surface area (Å²) in [5.74, 6) is -1.24. The van der Waals surface area contributed by atoms with Gasteiger partial charge in [-0.3, -0.25) is 14.9 Å². The molecule has 96 valence electrons. The van der Waals surface area contributed by atoms with Crippen LogP contribution >= 0.6 is 0 Å². The van der Waals surface area contributed by atoms with E-state index in [1.807, 2.05) is 0 Å². The summed E-state index contributed by atoms with van der Waals surface area (Å²) in [6, 6.07) is 2.53. The van der Waals surface area contributed by atoms with Gasteiger partial charge in [0.1, 0.15) is 0 Å². The fourth-order valence-electron chi connectivity index (χ4n) is 2.26. The van der Waals surface area contributed by atoms with Crippen molar-refractivity contribution < 1.29 is 14.8 Å². The molecule has 2 rings (SSSR count). The molecule has 0 radical (unpaired) electrons. The maximum Gasteiger partial charge on any atom is 0.311 e. The summed E-state index contributed by atoms with van der Waals surface area (Å²) in [5, 5.41) is 22.8. The number of nitrogens with zero attached hydrogens (tertiary/aromatic N) is 2. The van der Waals surface area contributed by atoms with E-state index >= 15 is 0 Å². The zero-order valence-electron chi connectivity index (χ0n) is 9.57. The third-order valence-corrected chi connectivity index (χ3v) is 3.14. The SMILES string of the molecule is O=C(O)C1CCCC1Nc1ncccc1[N+](=O)[O-]. The van der Waals surface area contributed by atoms with Crippen molar-refractivity contribution in [2.75, 3.05) is 5.32 Å². The number of carboxylic acid groups (broad SMARTS) is 1. The second-order valence-electron chi connectivity index (χ2n) is 4.25. The van der Waals surface area contributed by atoms with Gasteiger partial charge in [-0.05, 0) is 18.9 Å². The Bertz CT molecular complexity index is 477. The number of nitro groups is 1. The van der Waals surface area contributed by atoms with Gasteiger partial charge in [0.2, 0.25) is 5.82 Å². The molecule has 1 aromatic rings. The van der Waals surface area contributed by atoms with E-state index in [1.54, 1.807) is 0 Å². The first kappa shape index (κ1) is 12.3. The molecule has 0 bridgehead atoms. The summed E-state index contributed by atoms with van der Waals surface area (Å²) in [6.45, 7) is 0. The fraction of sp³-hybridized carbons (Fsp3) is 0.455. The first-order chi connectivity index (χ1) is 8.59. The van der Waals surface area contributed by atoms with Crippen LogP contribution in [0.15, 0.2) is 18.3 Å². The molecule has 0 aromatic carbocycles. The van der Waals surface area contributed by atoms with E-state index in [-0.39, 0.29) is 17.5 Å². The van der Waals surface area contributed by atoms with Crippen LogP contribution in [0.1, 0.15) is 19.3 Å².